The molecule has 1 saturated heterocycles. The molecule has 1 atom stereocenters. The summed E-state index contributed by atoms with van der Waals surface area (Å²) >= 11 is 3.19. The van der Waals surface area contributed by atoms with Gasteiger partial charge in [-0.15, -0.1) is 0 Å². The molecule has 0 aliphatic carbocycles. The molecule has 8 heteroatoms. The van der Waals surface area contributed by atoms with E-state index in [0.29, 0.717) is 16.6 Å². The molecule has 0 bridgehead atoms. The highest BCUT2D eigenvalue weighted by Crippen LogP contribution is 2.25. The number of anilines is 2. The van der Waals surface area contributed by atoms with Crippen LogP contribution in [0, 0.1) is 5.82 Å². The number of benzene rings is 2. The van der Waals surface area contributed by atoms with Crippen LogP contribution in [0.15, 0.2) is 53.0 Å². The lowest BCUT2D eigenvalue weighted by molar-refractivity contribution is -0.117. The number of para-hydroxylation sites is 1. The van der Waals surface area contributed by atoms with Crippen molar-refractivity contribution >= 4 is 43.0 Å². The normalized spacial score (nSPS) is 18.5. The molecule has 0 saturated carbocycles. The Morgan fingerprint density at radius 2 is 1.96 bits per heavy atom. The van der Waals surface area contributed by atoms with E-state index in [-0.39, 0.29) is 29.6 Å². The summed E-state index contributed by atoms with van der Waals surface area (Å²) < 4.78 is 38.2. The van der Waals surface area contributed by atoms with E-state index < -0.39 is 21.7 Å². The van der Waals surface area contributed by atoms with Crippen LogP contribution in [-0.2, 0) is 14.6 Å². The number of hydrogen-bond acceptors (Lipinski definition) is 4. The molecule has 5 nitrogen and oxygen atoms in total. The maximum atomic E-state index is 13.9. The number of sulfone groups is 1. The predicted molar refractivity (Wildman–Crippen MR) is 104 cm³/mol. The van der Waals surface area contributed by atoms with Crippen molar-refractivity contribution in [1.29, 1.82) is 0 Å². The number of halogens is 2. The monoisotopic (exact) mass is 440 g/mol. The summed E-state index contributed by atoms with van der Waals surface area (Å²) in [5, 5.41) is 2.80. The zero-order chi connectivity index (χ0) is 18.7. The van der Waals surface area contributed by atoms with Crippen LogP contribution in [0.25, 0.3) is 0 Å². The first-order valence-corrected chi connectivity index (χ1v) is 10.7. The Bertz CT molecular complexity index is 906. The zero-order valence-corrected chi connectivity index (χ0v) is 16.3. The summed E-state index contributed by atoms with van der Waals surface area (Å²) in [5.74, 6) is -0.758. The standard InChI is InChI=1S/C18H18BrFN2O3S/c19-13-6-7-17(16(20)10-13)21-11-18(23)22(14-4-2-1-3-5-14)15-8-9-26(24,25)12-15/h1-7,10,15,21H,8-9,11-12H2/t15-/m0/s1. The molecule has 1 aliphatic rings. The van der Waals surface area contributed by atoms with Gasteiger partial charge in [0.25, 0.3) is 0 Å². The second kappa shape index (κ2) is 7.75. The average molecular weight is 441 g/mol. The minimum absolute atomic E-state index is 0.0553. The molecule has 1 amide bonds. The van der Waals surface area contributed by atoms with E-state index in [2.05, 4.69) is 21.2 Å². The third-order valence-corrected chi connectivity index (χ3v) is 6.48. The highest BCUT2D eigenvalue weighted by Gasteiger charge is 2.35. The van der Waals surface area contributed by atoms with Crippen molar-refractivity contribution in [3.63, 3.8) is 0 Å². The van der Waals surface area contributed by atoms with Crippen LogP contribution < -0.4 is 10.2 Å². The molecule has 0 spiro atoms. The Balaban J connectivity index is 1.79. The van der Waals surface area contributed by atoms with Crippen LogP contribution >= 0.6 is 15.9 Å². The second-order valence-corrected chi connectivity index (χ2v) is 9.28. The first-order valence-electron chi connectivity index (χ1n) is 8.12. The van der Waals surface area contributed by atoms with Crippen molar-refractivity contribution in [1.82, 2.24) is 0 Å². The van der Waals surface area contributed by atoms with Gasteiger partial charge in [-0.2, -0.15) is 0 Å². The molecule has 1 fully saturated rings. The molecule has 3 rings (SSSR count). The summed E-state index contributed by atoms with van der Waals surface area (Å²) in [6.07, 6.45) is 0.398. The summed E-state index contributed by atoms with van der Waals surface area (Å²) in [4.78, 5) is 14.3. The Kier molecular flexibility index (Phi) is 5.62. The number of nitrogens with zero attached hydrogens (tertiary/aromatic N) is 1. The third kappa shape index (κ3) is 4.42. The fraction of sp³-hybridized carbons (Fsp3) is 0.278. The third-order valence-electron chi connectivity index (χ3n) is 4.24. The maximum absolute atomic E-state index is 13.9. The molecule has 1 N–H and O–H groups in total. The molecule has 1 heterocycles. The fourth-order valence-corrected chi connectivity index (χ4v) is 5.05. The summed E-state index contributed by atoms with van der Waals surface area (Å²) in [5.41, 5.74) is 0.853. The summed E-state index contributed by atoms with van der Waals surface area (Å²) in [6, 6.07) is 13.1. The number of rotatable bonds is 5. The van der Waals surface area contributed by atoms with Crippen molar-refractivity contribution < 1.29 is 17.6 Å². The molecular formula is C18H18BrFN2O3S. The van der Waals surface area contributed by atoms with Gasteiger partial charge in [0.15, 0.2) is 9.84 Å². The van der Waals surface area contributed by atoms with Crippen LogP contribution in [0.1, 0.15) is 6.42 Å². The van der Waals surface area contributed by atoms with Gasteiger partial charge in [-0.25, -0.2) is 12.8 Å². The van der Waals surface area contributed by atoms with Crippen molar-refractivity contribution in [3.05, 3.63) is 58.8 Å². The Hall–Kier alpha value is -1.93. The number of carbonyl (C=O) groups excluding carboxylic acids is 1. The van der Waals surface area contributed by atoms with E-state index >= 15 is 0 Å². The largest absolute Gasteiger partial charge is 0.374 e. The van der Waals surface area contributed by atoms with Gasteiger partial charge in [-0.05, 0) is 36.8 Å². The van der Waals surface area contributed by atoms with E-state index in [1.165, 1.54) is 11.0 Å². The van der Waals surface area contributed by atoms with Gasteiger partial charge in [-0.1, -0.05) is 34.1 Å². The van der Waals surface area contributed by atoms with Crippen LogP contribution in [-0.4, -0.2) is 38.4 Å². The number of hydrogen-bond donors (Lipinski definition) is 1. The lowest BCUT2D eigenvalue weighted by atomic mass is 10.1. The molecule has 0 unspecified atom stereocenters. The van der Waals surface area contributed by atoms with Crippen molar-refractivity contribution in [2.75, 3.05) is 28.3 Å². The fourth-order valence-electron chi connectivity index (χ4n) is 3.01. The molecule has 2 aromatic carbocycles. The van der Waals surface area contributed by atoms with Gasteiger partial charge in [0.05, 0.1) is 29.8 Å². The average Bonchev–Trinajstić information content (AvgIpc) is 2.95. The number of amides is 1. The number of nitrogens with one attached hydrogen (secondary N) is 1. The van der Waals surface area contributed by atoms with E-state index in [1.54, 1.807) is 36.4 Å². The van der Waals surface area contributed by atoms with Gasteiger partial charge < -0.3 is 10.2 Å². The van der Waals surface area contributed by atoms with Crippen LogP contribution in [0.5, 0.6) is 0 Å². The van der Waals surface area contributed by atoms with E-state index in [4.69, 9.17) is 0 Å². The summed E-state index contributed by atoms with van der Waals surface area (Å²) in [6.45, 7) is -0.135. The van der Waals surface area contributed by atoms with E-state index in [1.807, 2.05) is 6.07 Å². The van der Waals surface area contributed by atoms with E-state index in [0.717, 1.165) is 0 Å². The molecule has 2 aromatic rings. The Morgan fingerprint density at radius 3 is 2.58 bits per heavy atom. The molecular weight excluding hydrogens is 423 g/mol. The molecule has 26 heavy (non-hydrogen) atoms. The smallest absolute Gasteiger partial charge is 0.246 e. The predicted octanol–water partition coefficient (Wildman–Crippen LogP) is 3.22. The lowest BCUT2D eigenvalue weighted by Gasteiger charge is -2.28. The Morgan fingerprint density at radius 1 is 1.23 bits per heavy atom. The second-order valence-electron chi connectivity index (χ2n) is 6.13. The topological polar surface area (TPSA) is 66.5 Å². The highest BCUT2D eigenvalue weighted by atomic mass is 79.9. The first-order chi connectivity index (χ1) is 12.4. The highest BCUT2D eigenvalue weighted by molar-refractivity contribution is 9.10. The van der Waals surface area contributed by atoms with Crippen LogP contribution in [0.4, 0.5) is 15.8 Å². The van der Waals surface area contributed by atoms with Crippen LogP contribution in [0.2, 0.25) is 0 Å². The minimum atomic E-state index is -3.14. The summed E-state index contributed by atoms with van der Waals surface area (Å²) in [7, 11) is -3.14. The minimum Gasteiger partial charge on any atom is -0.374 e. The molecule has 0 aromatic heterocycles. The zero-order valence-electron chi connectivity index (χ0n) is 13.9. The van der Waals surface area contributed by atoms with Crippen molar-refractivity contribution in [2.45, 2.75) is 12.5 Å². The van der Waals surface area contributed by atoms with Gasteiger partial charge in [-0.3, -0.25) is 4.79 Å². The van der Waals surface area contributed by atoms with Gasteiger partial charge in [0.2, 0.25) is 5.91 Å². The van der Waals surface area contributed by atoms with Gasteiger partial charge in [0, 0.05) is 10.2 Å². The number of carbonyl (C=O) groups is 1. The maximum Gasteiger partial charge on any atom is 0.246 e. The molecule has 138 valence electrons. The van der Waals surface area contributed by atoms with Crippen molar-refractivity contribution in [2.24, 2.45) is 0 Å². The SMILES string of the molecule is O=C(CNc1ccc(Br)cc1F)N(c1ccccc1)[C@H]1CCS(=O)(=O)C1. The van der Waals surface area contributed by atoms with E-state index in [9.17, 15) is 17.6 Å². The molecule has 1 aliphatic heterocycles. The van der Waals surface area contributed by atoms with Gasteiger partial charge in [0.1, 0.15) is 5.82 Å². The van der Waals surface area contributed by atoms with Gasteiger partial charge >= 0.3 is 0 Å². The lowest BCUT2D eigenvalue weighted by Crippen LogP contribution is -2.44. The quantitative estimate of drug-likeness (QED) is 0.774. The van der Waals surface area contributed by atoms with Crippen molar-refractivity contribution in [3.8, 4) is 0 Å². The van der Waals surface area contributed by atoms with Crippen LogP contribution in [0.3, 0.4) is 0 Å². The first kappa shape index (κ1) is 18.8. The Labute approximate surface area is 160 Å². The molecule has 0 radical (unpaired) electrons.